The van der Waals surface area contributed by atoms with Crippen LogP contribution in [-0.2, 0) is 0 Å². The highest BCUT2D eigenvalue weighted by Gasteiger charge is 2.17. The van der Waals surface area contributed by atoms with Crippen LogP contribution in [0.5, 0.6) is 0 Å². The average Bonchev–Trinajstić information content (AvgIpc) is 3.77. The van der Waals surface area contributed by atoms with Crippen LogP contribution in [0.1, 0.15) is 0 Å². The van der Waals surface area contributed by atoms with E-state index in [0.29, 0.717) is 0 Å². The van der Waals surface area contributed by atoms with E-state index < -0.39 is 0 Å². The maximum Gasteiger partial charge on any atom is 0.136 e. The van der Waals surface area contributed by atoms with Gasteiger partial charge in [0.15, 0.2) is 0 Å². The zero-order chi connectivity index (χ0) is 34.9. The second-order valence-electron chi connectivity index (χ2n) is 13.7. The maximum atomic E-state index is 6.23. The lowest BCUT2D eigenvalue weighted by Gasteiger charge is -2.26. The molecule has 0 spiro atoms. The van der Waals surface area contributed by atoms with Crippen molar-refractivity contribution in [3.8, 4) is 22.3 Å². The molecule has 4 nitrogen and oxygen atoms in total. The molecule has 11 aromatic rings. The zero-order valence-electron chi connectivity index (χ0n) is 28.5. The van der Waals surface area contributed by atoms with E-state index in [1.54, 1.807) is 0 Å². The summed E-state index contributed by atoms with van der Waals surface area (Å²) in [6.07, 6.45) is 3.66. The molecule has 4 heteroatoms. The largest absolute Gasteiger partial charge is 0.456 e. The second-order valence-corrected chi connectivity index (χ2v) is 13.7. The monoisotopic (exact) mass is 678 g/mol. The SMILES string of the molecule is c1ccc2c(c1)oc1cc3ccc(N(c4ccc(-c5ccc(-c6ccncc6)cc5)cc4)c4ccc5cc6oc7ccccc7c6cc5c4)cc3cc12. The first-order valence-electron chi connectivity index (χ1n) is 17.8. The fourth-order valence-corrected chi connectivity index (χ4v) is 7.84. The Balaban J connectivity index is 1.05. The number of fused-ring (bicyclic) bond motifs is 8. The van der Waals surface area contributed by atoms with Gasteiger partial charge < -0.3 is 13.7 Å². The first kappa shape index (κ1) is 29.5. The Kier molecular flexibility index (Phi) is 6.52. The lowest BCUT2D eigenvalue weighted by atomic mass is 10.00. The fraction of sp³-hybridized carbons (Fsp3) is 0. The predicted molar refractivity (Wildman–Crippen MR) is 219 cm³/mol. The number of rotatable bonds is 5. The summed E-state index contributed by atoms with van der Waals surface area (Å²) >= 11 is 0. The van der Waals surface area contributed by atoms with Crippen molar-refractivity contribution in [3.05, 3.63) is 182 Å². The first-order chi connectivity index (χ1) is 26.2. The number of nitrogens with zero attached hydrogens (tertiary/aromatic N) is 2. The molecule has 0 saturated carbocycles. The van der Waals surface area contributed by atoms with Crippen molar-refractivity contribution in [2.75, 3.05) is 4.90 Å². The molecule has 0 bridgehead atoms. The van der Waals surface area contributed by atoms with Crippen molar-refractivity contribution >= 4 is 82.5 Å². The van der Waals surface area contributed by atoms with Crippen molar-refractivity contribution in [2.24, 2.45) is 0 Å². The van der Waals surface area contributed by atoms with E-state index in [0.717, 1.165) is 93.6 Å². The number of benzene rings is 8. The fourth-order valence-electron chi connectivity index (χ4n) is 7.84. The quantitative estimate of drug-likeness (QED) is 0.182. The number of para-hydroxylation sites is 2. The van der Waals surface area contributed by atoms with Gasteiger partial charge in [0.2, 0.25) is 0 Å². The molecular formula is C49H30N2O2. The molecular weight excluding hydrogens is 649 g/mol. The highest BCUT2D eigenvalue weighted by molar-refractivity contribution is 6.12. The number of hydrogen-bond donors (Lipinski definition) is 0. The molecule has 0 saturated heterocycles. The molecule has 248 valence electrons. The van der Waals surface area contributed by atoms with Crippen LogP contribution in [0.25, 0.3) is 87.7 Å². The molecule has 53 heavy (non-hydrogen) atoms. The molecule has 0 aliphatic rings. The van der Waals surface area contributed by atoms with Gasteiger partial charge in [-0.2, -0.15) is 0 Å². The summed E-state index contributed by atoms with van der Waals surface area (Å²) in [5.74, 6) is 0. The number of hydrogen-bond acceptors (Lipinski definition) is 4. The average molecular weight is 679 g/mol. The van der Waals surface area contributed by atoms with E-state index in [-0.39, 0.29) is 0 Å². The smallest absolute Gasteiger partial charge is 0.136 e. The number of furan rings is 2. The molecule has 0 fully saturated rings. The summed E-state index contributed by atoms with van der Waals surface area (Å²) in [4.78, 5) is 6.51. The molecule has 0 radical (unpaired) electrons. The normalized spacial score (nSPS) is 11.8. The minimum absolute atomic E-state index is 0.903. The van der Waals surface area contributed by atoms with Gasteiger partial charge in [0.05, 0.1) is 0 Å². The van der Waals surface area contributed by atoms with Gasteiger partial charge in [-0.1, -0.05) is 84.9 Å². The Hall–Kier alpha value is -7.17. The van der Waals surface area contributed by atoms with Crippen LogP contribution in [0.4, 0.5) is 17.1 Å². The molecule has 0 aliphatic heterocycles. The Morgan fingerprint density at radius 1 is 0.321 bits per heavy atom. The van der Waals surface area contributed by atoms with Crippen LogP contribution < -0.4 is 4.90 Å². The molecule has 0 unspecified atom stereocenters. The van der Waals surface area contributed by atoms with Crippen molar-refractivity contribution < 1.29 is 8.83 Å². The zero-order valence-corrected chi connectivity index (χ0v) is 28.5. The van der Waals surface area contributed by atoms with Gasteiger partial charge in [-0.15, -0.1) is 0 Å². The summed E-state index contributed by atoms with van der Waals surface area (Å²) in [6.45, 7) is 0. The molecule has 0 atom stereocenters. The number of pyridine rings is 1. The van der Waals surface area contributed by atoms with Gasteiger partial charge in [0.25, 0.3) is 0 Å². The van der Waals surface area contributed by atoms with E-state index in [9.17, 15) is 0 Å². The molecule has 3 heterocycles. The van der Waals surface area contributed by atoms with E-state index in [1.807, 2.05) is 48.8 Å². The first-order valence-corrected chi connectivity index (χ1v) is 17.8. The van der Waals surface area contributed by atoms with Crippen LogP contribution in [0.3, 0.4) is 0 Å². The minimum Gasteiger partial charge on any atom is -0.456 e. The molecule has 0 aliphatic carbocycles. The maximum absolute atomic E-state index is 6.23. The van der Waals surface area contributed by atoms with Gasteiger partial charge in [-0.3, -0.25) is 4.98 Å². The number of anilines is 3. The van der Waals surface area contributed by atoms with Crippen LogP contribution >= 0.6 is 0 Å². The topological polar surface area (TPSA) is 42.4 Å². The van der Waals surface area contributed by atoms with Crippen molar-refractivity contribution in [1.29, 1.82) is 0 Å². The molecule has 0 amide bonds. The van der Waals surface area contributed by atoms with Crippen LogP contribution in [-0.4, -0.2) is 4.98 Å². The summed E-state index contributed by atoms with van der Waals surface area (Å²) < 4.78 is 12.5. The van der Waals surface area contributed by atoms with Crippen LogP contribution in [0, 0.1) is 0 Å². The second kappa shape index (κ2) is 11.7. The Labute approximate surface area is 304 Å². The van der Waals surface area contributed by atoms with Crippen molar-refractivity contribution in [1.82, 2.24) is 4.98 Å². The van der Waals surface area contributed by atoms with E-state index in [2.05, 4.69) is 143 Å². The van der Waals surface area contributed by atoms with E-state index in [4.69, 9.17) is 8.83 Å². The molecule has 0 N–H and O–H groups in total. The predicted octanol–water partition coefficient (Wildman–Crippen LogP) is 14.0. The van der Waals surface area contributed by atoms with Gasteiger partial charge in [-0.25, -0.2) is 0 Å². The third-order valence-electron chi connectivity index (χ3n) is 10.5. The molecule has 3 aromatic heterocycles. The third kappa shape index (κ3) is 4.95. The van der Waals surface area contributed by atoms with Gasteiger partial charge >= 0.3 is 0 Å². The summed E-state index contributed by atoms with van der Waals surface area (Å²) in [6, 6.07) is 60.4. The Morgan fingerprint density at radius 2 is 0.755 bits per heavy atom. The highest BCUT2D eigenvalue weighted by Crippen LogP contribution is 2.41. The Bertz CT molecular complexity index is 3000. The van der Waals surface area contributed by atoms with Gasteiger partial charge in [0.1, 0.15) is 22.3 Å². The lowest BCUT2D eigenvalue weighted by Crippen LogP contribution is -2.09. The van der Waals surface area contributed by atoms with Gasteiger partial charge in [0, 0.05) is 51.0 Å². The summed E-state index contributed by atoms with van der Waals surface area (Å²) in [5, 5.41) is 9.09. The summed E-state index contributed by atoms with van der Waals surface area (Å²) in [7, 11) is 0. The number of aromatic nitrogens is 1. The highest BCUT2D eigenvalue weighted by atomic mass is 16.3. The third-order valence-corrected chi connectivity index (χ3v) is 10.5. The van der Waals surface area contributed by atoms with E-state index >= 15 is 0 Å². The summed E-state index contributed by atoms with van der Waals surface area (Å²) in [5.41, 5.74) is 11.5. The molecule has 11 rings (SSSR count). The Morgan fingerprint density at radius 3 is 1.26 bits per heavy atom. The molecule has 8 aromatic carbocycles. The van der Waals surface area contributed by atoms with Crippen molar-refractivity contribution in [2.45, 2.75) is 0 Å². The van der Waals surface area contributed by atoms with Crippen LogP contribution in [0.15, 0.2) is 191 Å². The minimum atomic E-state index is 0.903. The van der Waals surface area contributed by atoms with E-state index in [1.165, 1.54) is 11.1 Å². The lowest BCUT2D eigenvalue weighted by molar-refractivity contribution is 0.669. The standard InChI is InChI=1S/C49H30N2O2/c1-3-7-46-42(5-1)44-27-37-25-40(19-15-35(37)29-48(44)52-46)51(39-17-13-33(14-18-39)31-9-11-32(12-10-31)34-21-23-50-24-22-34)41-20-16-36-30-49-45(28-38(36)26-41)43-6-2-4-8-47(43)53-49/h1-30H. The van der Waals surface area contributed by atoms with Gasteiger partial charge in [-0.05, 0) is 129 Å². The van der Waals surface area contributed by atoms with Crippen LogP contribution in [0.2, 0.25) is 0 Å². The van der Waals surface area contributed by atoms with Crippen molar-refractivity contribution in [3.63, 3.8) is 0 Å².